The van der Waals surface area contributed by atoms with Gasteiger partial charge in [0.25, 0.3) is 5.09 Å². The minimum atomic E-state index is -0.697. The van der Waals surface area contributed by atoms with Gasteiger partial charge in [0.2, 0.25) is 0 Å². The van der Waals surface area contributed by atoms with Crippen molar-refractivity contribution in [3.8, 4) is 0 Å². The molecule has 7 heteroatoms. The van der Waals surface area contributed by atoms with E-state index in [-0.39, 0.29) is 35.0 Å². The van der Waals surface area contributed by atoms with E-state index in [1.807, 2.05) is 30.3 Å². The van der Waals surface area contributed by atoms with Crippen molar-refractivity contribution in [2.75, 3.05) is 6.61 Å². The number of hydrogen-bond donors (Lipinski definition) is 1. The van der Waals surface area contributed by atoms with Gasteiger partial charge < -0.3 is 14.9 Å². The third kappa shape index (κ3) is 3.66. The molecule has 0 spiro atoms. The maximum atomic E-state index is 12.6. The number of carbonyl (C=O) groups excluding carboxylic acids is 1. The molecular formula is C21H28N2O5. The zero-order chi connectivity index (χ0) is 20.0. The lowest BCUT2D eigenvalue weighted by Gasteiger charge is -2.69. The predicted octanol–water partition coefficient (Wildman–Crippen LogP) is 4.24. The molecule has 1 N–H and O–H groups in total. The monoisotopic (exact) mass is 388 g/mol. The first-order valence-corrected chi connectivity index (χ1v) is 9.89. The zero-order valence-electron chi connectivity index (χ0n) is 16.5. The van der Waals surface area contributed by atoms with Gasteiger partial charge in [0.1, 0.15) is 13.2 Å². The first-order valence-electron chi connectivity index (χ1n) is 9.89. The molecule has 0 heterocycles. The molecule has 2 atom stereocenters. The van der Waals surface area contributed by atoms with Crippen molar-refractivity contribution in [2.45, 2.75) is 64.5 Å². The molecule has 1 aromatic rings. The molecule has 0 saturated heterocycles. The smallest absolute Gasteiger partial charge is 0.407 e. The topological polar surface area (TPSA) is 90.7 Å². The van der Waals surface area contributed by atoms with Crippen molar-refractivity contribution in [3.63, 3.8) is 0 Å². The second-order valence-electron chi connectivity index (χ2n) is 10.1. The molecule has 28 heavy (non-hydrogen) atoms. The standard InChI is InChI=1S/C21H28N2O5/c1-18-9-19(2)11-20(10-18,15-28-23(25)26)14-21(12-18,13-19)22-17(24)27-8-16-6-4-3-5-7-16/h3-7H,8-15H2,1-2H3,(H,22,24). The number of alkyl carbamates (subject to hydrolysis) is 1. The number of nitrogens with zero attached hydrogens (tertiary/aromatic N) is 1. The van der Waals surface area contributed by atoms with E-state index < -0.39 is 11.2 Å². The molecular weight excluding hydrogens is 360 g/mol. The minimum Gasteiger partial charge on any atom is -0.445 e. The van der Waals surface area contributed by atoms with Crippen LogP contribution in [0.1, 0.15) is 57.9 Å². The molecule has 0 aromatic heterocycles. The average molecular weight is 388 g/mol. The number of nitrogens with one attached hydrogen (secondary N) is 1. The Morgan fingerprint density at radius 1 is 1.07 bits per heavy atom. The number of hydrogen-bond acceptors (Lipinski definition) is 5. The van der Waals surface area contributed by atoms with Crippen molar-refractivity contribution in [2.24, 2.45) is 16.2 Å². The molecule has 4 fully saturated rings. The summed E-state index contributed by atoms with van der Waals surface area (Å²) in [6, 6.07) is 9.59. The summed E-state index contributed by atoms with van der Waals surface area (Å²) in [6.07, 6.45) is 4.97. The largest absolute Gasteiger partial charge is 0.445 e. The van der Waals surface area contributed by atoms with E-state index in [1.54, 1.807) is 0 Å². The summed E-state index contributed by atoms with van der Waals surface area (Å²) in [5.41, 5.74) is 0.397. The molecule has 2 unspecified atom stereocenters. The number of ether oxygens (including phenoxy) is 1. The van der Waals surface area contributed by atoms with Crippen LogP contribution in [0, 0.1) is 26.4 Å². The van der Waals surface area contributed by atoms with Gasteiger partial charge in [-0.15, -0.1) is 10.1 Å². The Bertz CT molecular complexity index is 762. The lowest BCUT2D eigenvalue weighted by Crippen LogP contribution is -2.69. The van der Waals surface area contributed by atoms with Crippen LogP contribution in [0.4, 0.5) is 4.79 Å². The Labute approximate surface area is 164 Å². The number of benzene rings is 1. The van der Waals surface area contributed by atoms with E-state index in [0.29, 0.717) is 6.42 Å². The zero-order valence-corrected chi connectivity index (χ0v) is 16.5. The normalized spacial score (nSPS) is 38.1. The SMILES string of the molecule is CC12CC3(C)CC(CO[N+](=O)[O-])(C1)CC(NC(=O)OCc1ccccc1)(C2)C3. The van der Waals surface area contributed by atoms with Crippen LogP contribution in [0.25, 0.3) is 0 Å². The maximum absolute atomic E-state index is 12.6. The second kappa shape index (κ2) is 6.36. The van der Waals surface area contributed by atoms with E-state index in [9.17, 15) is 14.9 Å². The van der Waals surface area contributed by atoms with Crippen LogP contribution in [0.2, 0.25) is 0 Å². The van der Waals surface area contributed by atoms with Gasteiger partial charge in [0, 0.05) is 5.54 Å². The molecule has 4 saturated carbocycles. The minimum absolute atomic E-state index is 0.0518. The molecule has 1 amide bonds. The van der Waals surface area contributed by atoms with Gasteiger partial charge in [0.15, 0.2) is 0 Å². The van der Waals surface area contributed by atoms with Gasteiger partial charge in [-0.05, 0) is 60.3 Å². The van der Waals surface area contributed by atoms with E-state index >= 15 is 0 Å². The number of carbonyl (C=O) groups is 1. The third-order valence-electron chi connectivity index (χ3n) is 6.76. The van der Waals surface area contributed by atoms with Crippen molar-refractivity contribution in [3.05, 3.63) is 46.0 Å². The Morgan fingerprint density at radius 3 is 2.32 bits per heavy atom. The van der Waals surface area contributed by atoms with E-state index in [1.165, 1.54) is 0 Å². The summed E-state index contributed by atoms with van der Waals surface area (Å²) >= 11 is 0. The highest BCUT2D eigenvalue weighted by molar-refractivity contribution is 5.68. The number of amides is 1. The molecule has 4 bridgehead atoms. The third-order valence-corrected chi connectivity index (χ3v) is 6.76. The maximum Gasteiger partial charge on any atom is 0.407 e. The van der Waals surface area contributed by atoms with Crippen LogP contribution in [0.15, 0.2) is 30.3 Å². The summed E-state index contributed by atoms with van der Waals surface area (Å²) in [5, 5.41) is 13.3. The fraction of sp³-hybridized carbons (Fsp3) is 0.667. The van der Waals surface area contributed by atoms with Crippen molar-refractivity contribution in [1.29, 1.82) is 0 Å². The molecule has 1 aromatic carbocycles. The molecule has 4 aliphatic rings. The lowest BCUT2D eigenvalue weighted by atomic mass is 9.38. The number of rotatable bonds is 6. The highest BCUT2D eigenvalue weighted by Gasteiger charge is 2.66. The fourth-order valence-corrected chi connectivity index (χ4v) is 7.39. The van der Waals surface area contributed by atoms with Crippen LogP contribution in [0.5, 0.6) is 0 Å². The van der Waals surface area contributed by atoms with Crippen LogP contribution in [-0.2, 0) is 16.2 Å². The fourth-order valence-electron chi connectivity index (χ4n) is 7.39. The van der Waals surface area contributed by atoms with Crippen LogP contribution < -0.4 is 5.32 Å². The van der Waals surface area contributed by atoms with Gasteiger partial charge in [-0.1, -0.05) is 44.2 Å². The van der Waals surface area contributed by atoms with Crippen LogP contribution in [0.3, 0.4) is 0 Å². The van der Waals surface area contributed by atoms with Gasteiger partial charge in [-0.2, -0.15) is 0 Å². The van der Waals surface area contributed by atoms with E-state index in [0.717, 1.165) is 37.7 Å². The van der Waals surface area contributed by atoms with Crippen molar-refractivity contribution in [1.82, 2.24) is 5.32 Å². The predicted molar refractivity (Wildman–Crippen MR) is 102 cm³/mol. The van der Waals surface area contributed by atoms with Gasteiger partial charge >= 0.3 is 6.09 Å². The molecule has 152 valence electrons. The first kappa shape index (κ1) is 19.0. The molecule has 5 rings (SSSR count). The first-order chi connectivity index (χ1) is 13.1. The Morgan fingerprint density at radius 2 is 1.71 bits per heavy atom. The Balaban J connectivity index is 1.49. The lowest BCUT2D eigenvalue weighted by molar-refractivity contribution is -0.761. The quantitative estimate of drug-likeness (QED) is 0.581. The second-order valence-corrected chi connectivity index (χ2v) is 10.1. The summed E-state index contributed by atoms with van der Waals surface area (Å²) in [5.74, 6) is 0. The highest BCUT2D eigenvalue weighted by Crippen LogP contribution is 2.70. The Hall–Kier alpha value is -2.31. The Kier molecular flexibility index (Phi) is 4.32. The van der Waals surface area contributed by atoms with Gasteiger partial charge in [-0.25, -0.2) is 4.79 Å². The van der Waals surface area contributed by atoms with E-state index in [4.69, 9.17) is 9.57 Å². The average Bonchev–Trinajstić information content (AvgIpc) is 2.56. The molecule has 0 radical (unpaired) electrons. The summed E-state index contributed by atoms with van der Waals surface area (Å²) in [7, 11) is 0. The summed E-state index contributed by atoms with van der Waals surface area (Å²) < 4.78 is 5.47. The summed E-state index contributed by atoms with van der Waals surface area (Å²) in [4.78, 5) is 28.3. The van der Waals surface area contributed by atoms with Gasteiger partial charge in [0.05, 0.1) is 0 Å². The van der Waals surface area contributed by atoms with Crippen LogP contribution in [-0.4, -0.2) is 23.3 Å². The van der Waals surface area contributed by atoms with Crippen LogP contribution >= 0.6 is 0 Å². The summed E-state index contributed by atoms with van der Waals surface area (Å²) in [6.45, 7) is 4.82. The van der Waals surface area contributed by atoms with Crippen molar-refractivity contribution >= 4 is 6.09 Å². The highest BCUT2D eigenvalue weighted by atomic mass is 16.9. The molecule has 0 aliphatic heterocycles. The molecule has 7 nitrogen and oxygen atoms in total. The van der Waals surface area contributed by atoms with E-state index in [2.05, 4.69) is 19.2 Å². The van der Waals surface area contributed by atoms with Gasteiger partial charge in [-0.3, -0.25) is 0 Å². The molecule has 4 aliphatic carbocycles. The van der Waals surface area contributed by atoms with Crippen molar-refractivity contribution < 1.29 is 19.5 Å².